The molecule has 0 fully saturated rings. The van der Waals surface area contributed by atoms with Gasteiger partial charge in [0.25, 0.3) is 0 Å². The second-order valence-corrected chi connectivity index (χ2v) is 6.45. The largest absolute Gasteiger partial charge is 0.289 e. The van der Waals surface area contributed by atoms with Crippen LogP contribution in [-0.2, 0) is 0 Å². The minimum absolute atomic E-state index is 0.139. The maximum atomic E-state index is 12.8. The third-order valence-corrected chi connectivity index (χ3v) is 4.42. The summed E-state index contributed by atoms with van der Waals surface area (Å²) >= 11 is 6.19. The van der Waals surface area contributed by atoms with E-state index in [4.69, 9.17) is 11.6 Å². The van der Waals surface area contributed by atoms with E-state index in [1.54, 1.807) is 30.3 Å². The van der Waals surface area contributed by atoms with Crippen LogP contribution in [0.5, 0.6) is 0 Å². The Balaban J connectivity index is 2.05. The molecular weight excluding hydrogens is 332 g/mol. The quantitative estimate of drug-likeness (QED) is 0.590. The van der Waals surface area contributed by atoms with Gasteiger partial charge >= 0.3 is 0 Å². The first-order chi connectivity index (χ1) is 12.0. The Morgan fingerprint density at radius 2 is 1.08 bits per heavy atom. The fourth-order valence-electron chi connectivity index (χ4n) is 2.82. The third kappa shape index (κ3) is 3.54. The van der Waals surface area contributed by atoms with Gasteiger partial charge in [-0.15, -0.1) is 0 Å². The van der Waals surface area contributed by atoms with Gasteiger partial charge in [-0.3, -0.25) is 9.59 Å². The number of hydrogen-bond acceptors (Lipinski definition) is 2. The van der Waals surface area contributed by atoms with Crippen LogP contribution < -0.4 is 0 Å². The highest BCUT2D eigenvalue weighted by Crippen LogP contribution is 2.22. The minimum atomic E-state index is -0.139. The van der Waals surface area contributed by atoms with Gasteiger partial charge in [0.2, 0.25) is 0 Å². The molecule has 124 valence electrons. The van der Waals surface area contributed by atoms with Crippen molar-refractivity contribution in [2.45, 2.75) is 13.8 Å². The van der Waals surface area contributed by atoms with Crippen LogP contribution in [0.15, 0.2) is 66.7 Å². The van der Waals surface area contributed by atoms with Crippen molar-refractivity contribution >= 4 is 23.2 Å². The van der Waals surface area contributed by atoms with Crippen LogP contribution in [0, 0.1) is 13.8 Å². The van der Waals surface area contributed by atoms with Gasteiger partial charge in [0.15, 0.2) is 11.6 Å². The second-order valence-electron chi connectivity index (χ2n) is 6.02. The monoisotopic (exact) mass is 348 g/mol. The van der Waals surface area contributed by atoms with E-state index >= 15 is 0 Å². The number of rotatable bonds is 4. The van der Waals surface area contributed by atoms with Crippen LogP contribution in [0.3, 0.4) is 0 Å². The molecule has 0 radical (unpaired) electrons. The number of benzene rings is 3. The number of hydrogen-bond donors (Lipinski definition) is 0. The molecule has 3 heteroatoms. The van der Waals surface area contributed by atoms with E-state index in [0.717, 1.165) is 11.1 Å². The second kappa shape index (κ2) is 7.04. The summed E-state index contributed by atoms with van der Waals surface area (Å²) < 4.78 is 0. The van der Waals surface area contributed by atoms with Gasteiger partial charge in [-0.2, -0.15) is 0 Å². The average Bonchev–Trinajstić information content (AvgIpc) is 2.61. The van der Waals surface area contributed by atoms with Crippen LogP contribution >= 0.6 is 11.6 Å². The highest BCUT2D eigenvalue weighted by Gasteiger charge is 2.17. The lowest BCUT2D eigenvalue weighted by molar-refractivity contribution is 0.103. The van der Waals surface area contributed by atoms with E-state index < -0.39 is 0 Å². The molecule has 0 saturated carbocycles. The van der Waals surface area contributed by atoms with Gasteiger partial charge in [-0.1, -0.05) is 60.1 Å². The molecule has 0 atom stereocenters. The van der Waals surface area contributed by atoms with Gasteiger partial charge in [0, 0.05) is 27.3 Å². The van der Waals surface area contributed by atoms with Gasteiger partial charge in [-0.25, -0.2) is 0 Å². The topological polar surface area (TPSA) is 34.1 Å². The normalized spacial score (nSPS) is 10.5. The summed E-state index contributed by atoms with van der Waals surface area (Å²) in [6.07, 6.45) is 0. The average molecular weight is 349 g/mol. The van der Waals surface area contributed by atoms with Gasteiger partial charge in [-0.05, 0) is 43.2 Å². The molecule has 3 aromatic rings. The lowest BCUT2D eigenvalue weighted by atomic mass is 9.94. The van der Waals surface area contributed by atoms with Crippen molar-refractivity contribution in [1.82, 2.24) is 0 Å². The molecule has 3 aromatic carbocycles. The van der Waals surface area contributed by atoms with Gasteiger partial charge in [0.1, 0.15) is 0 Å². The molecule has 0 heterocycles. The van der Waals surface area contributed by atoms with Crippen LogP contribution in [0.4, 0.5) is 0 Å². The van der Waals surface area contributed by atoms with Crippen molar-refractivity contribution in [1.29, 1.82) is 0 Å². The Morgan fingerprint density at radius 3 is 1.48 bits per heavy atom. The van der Waals surface area contributed by atoms with Crippen LogP contribution in [0.1, 0.15) is 43.0 Å². The Kier molecular flexibility index (Phi) is 4.82. The highest BCUT2D eigenvalue weighted by atomic mass is 35.5. The Morgan fingerprint density at radius 1 is 0.680 bits per heavy atom. The summed E-state index contributed by atoms with van der Waals surface area (Å²) in [6.45, 7) is 3.77. The number of ketones is 2. The summed E-state index contributed by atoms with van der Waals surface area (Å²) in [4.78, 5) is 25.7. The zero-order valence-corrected chi connectivity index (χ0v) is 14.8. The van der Waals surface area contributed by atoms with Crippen LogP contribution in [0.2, 0.25) is 5.02 Å². The summed E-state index contributed by atoms with van der Waals surface area (Å²) in [7, 11) is 0. The van der Waals surface area contributed by atoms with Crippen molar-refractivity contribution in [3.8, 4) is 0 Å². The van der Waals surface area contributed by atoms with Crippen molar-refractivity contribution in [3.05, 3.63) is 105 Å². The van der Waals surface area contributed by atoms with Gasteiger partial charge in [0.05, 0.1) is 0 Å². The van der Waals surface area contributed by atoms with Gasteiger partial charge < -0.3 is 0 Å². The molecular formula is C22H17ClO2. The third-order valence-electron chi connectivity index (χ3n) is 4.20. The SMILES string of the molecule is Cc1ccccc1C(=O)c1cc(Cl)cc(C(=O)c2ccccc2C)c1. The van der Waals surface area contributed by atoms with Crippen LogP contribution in [0.25, 0.3) is 0 Å². The zero-order chi connectivity index (χ0) is 18.0. The van der Waals surface area contributed by atoms with Crippen molar-refractivity contribution in [2.24, 2.45) is 0 Å². The summed E-state index contributed by atoms with van der Waals surface area (Å²) in [6, 6.07) is 19.6. The molecule has 0 spiro atoms. The molecule has 0 saturated heterocycles. The molecule has 0 aromatic heterocycles. The fourth-order valence-corrected chi connectivity index (χ4v) is 3.05. The first-order valence-electron chi connectivity index (χ1n) is 7.98. The molecule has 25 heavy (non-hydrogen) atoms. The minimum Gasteiger partial charge on any atom is -0.289 e. The Labute approximate surface area is 152 Å². The lowest BCUT2D eigenvalue weighted by Crippen LogP contribution is -2.08. The standard InChI is InChI=1S/C22H17ClO2/c1-14-7-3-5-9-19(14)21(24)16-11-17(13-18(23)12-16)22(25)20-10-6-4-8-15(20)2/h3-13H,1-2H3. The molecule has 0 amide bonds. The van der Waals surface area contributed by atoms with Crippen molar-refractivity contribution in [3.63, 3.8) is 0 Å². The van der Waals surface area contributed by atoms with Crippen LogP contribution in [-0.4, -0.2) is 11.6 Å². The first kappa shape index (κ1) is 17.1. The molecule has 3 rings (SSSR count). The first-order valence-corrected chi connectivity index (χ1v) is 8.36. The smallest absolute Gasteiger partial charge is 0.193 e. The summed E-state index contributed by atoms with van der Waals surface area (Å²) in [5, 5.41) is 0.372. The van der Waals surface area contributed by atoms with E-state index in [9.17, 15) is 9.59 Å². The van der Waals surface area contributed by atoms with E-state index in [1.165, 1.54) is 0 Å². The number of carbonyl (C=O) groups excluding carboxylic acids is 2. The summed E-state index contributed by atoms with van der Waals surface area (Å²) in [5.41, 5.74) is 3.83. The molecule has 0 aliphatic rings. The number of aryl methyl sites for hydroxylation is 2. The molecule has 0 aliphatic carbocycles. The fraction of sp³-hybridized carbons (Fsp3) is 0.0909. The van der Waals surface area contributed by atoms with Crippen molar-refractivity contribution in [2.75, 3.05) is 0 Å². The molecule has 0 unspecified atom stereocenters. The maximum Gasteiger partial charge on any atom is 0.193 e. The Bertz CT molecular complexity index is 898. The van der Waals surface area contributed by atoms with E-state index in [-0.39, 0.29) is 11.6 Å². The zero-order valence-electron chi connectivity index (χ0n) is 14.0. The molecule has 0 N–H and O–H groups in total. The predicted octanol–water partition coefficient (Wildman–Crippen LogP) is 5.42. The summed E-state index contributed by atoms with van der Waals surface area (Å²) in [5.74, 6) is -0.279. The lowest BCUT2D eigenvalue weighted by Gasteiger charge is -2.09. The number of carbonyl (C=O) groups is 2. The Hall–Kier alpha value is -2.71. The highest BCUT2D eigenvalue weighted by molar-refractivity contribution is 6.32. The molecule has 0 bridgehead atoms. The van der Waals surface area contributed by atoms with E-state index in [2.05, 4.69) is 0 Å². The number of halogens is 1. The maximum absolute atomic E-state index is 12.8. The predicted molar refractivity (Wildman–Crippen MR) is 101 cm³/mol. The van der Waals surface area contributed by atoms with Crippen molar-refractivity contribution < 1.29 is 9.59 Å². The molecule has 0 aliphatic heterocycles. The van der Waals surface area contributed by atoms with E-state index in [0.29, 0.717) is 27.3 Å². The molecule has 2 nitrogen and oxygen atoms in total. The van der Waals surface area contributed by atoms with E-state index in [1.807, 2.05) is 50.2 Å².